The second-order valence-corrected chi connectivity index (χ2v) is 5.16. The summed E-state index contributed by atoms with van der Waals surface area (Å²) < 4.78 is 0. The lowest BCUT2D eigenvalue weighted by atomic mass is 10.2. The number of anilines is 2. The molecule has 2 N–H and O–H groups in total. The maximum atomic E-state index is 12.0. The molecule has 1 amide bonds. The molecule has 0 unspecified atom stereocenters. The van der Waals surface area contributed by atoms with Crippen LogP contribution in [0.15, 0.2) is 24.3 Å². The molecule has 1 aliphatic rings. The van der Waals surface area contributed by atoms with E-state index in [2.05, 4.69) is 4.90 Å². The van der Waals surface area contributed by atoms with Gasteiger partial charge < -0.3 is 20.4 Å². The number of hydrogen-bond donors (Lipinski definition) is 1. The van der Waals surface area contributed by atoms with Gasteiger partial charge in [0.2, 0.25) is 5.91 Å². The van der Waals surface area contributed by atoms with E-state index in [1.807, 2.05) is 48.2 Å². The van der Waals surface area contributed by atoms with Crippen LogP contribution in [-0.4, -0.2) is 62.5 Å². The predicted molar refractivity (Wildman–Crippen MR) is 78.2 cm³/mol. The van der Waals surface area contributed by atoms with Crippen molar-refractivity contribution in [3.8, 4) is 0 Å². The minimum Gasteiger partial charge on any atom is -0.397 e. The molecule has 1 aromatic carbocycles. The standard InChI is InChI=1S/C14H22N4O/c1-16(2)11-14(19)18-9-7-17(8-10-18)13-6-4-3-5-12(13)15/h3-6H,7-11,15H2,1-2H3. The van der Waals surface area contributed by atoms with Crippen LogP contribution in [0.4, 0.5) is 11.4 Å². The van der Waals surface area contributed by atoms with Crippen molar-refractivity contribution in [2.75, 3.05) is 57.5 Å². The molecule has 5 nitrogen and oxygen atoms in total. The minimum absolute atomic E-state index is 0.200. The Balaban J connectivity index is 1.93. The fourth-order valence-corrected chi connectivity index (χ4v) is 2.34. The van der Waals surface area contributed by atoms with Gasteiger partial charge in [-0.25, -0.2) is 0 Å². The fourth-order valence-electron chi connectivity index (χ4n) is 2.34. The van der Waals surface area contributed by atoms with Crippen molar-refractivity contribution in [1.82, 2.24) is 9.80 Å². The first-order valence-electron chi connectivity index (χ1n) is 6.60. The largest absolute Gasteiger partial charge is 0.397 e. The molecule has 1 heterocycles. The normalized spacial score (nSPS) is 15.9. The number of nitrogens with two attached hydrogens (primary N) is 1. The topological polar surface area (TPSA) is 52.8 Å². The van der Waals surface area contributed by atoms with Crippen molar-refractivity contribution in [2.24, 2.45) is 0 Å². The van der Waals surface area contributed by atoms with E-state index in [4.69, 9.17) is 5.73 Å². The molecule has 0 atom stereocenters. The van der Waals surface area contributed by atoms with Crippen molar-refractivity contribution in [3.05, 3.63) is 24.3 Å². The first-order chi connectivity index (χ1) is 9.08. The van der Waals surface area contributed by atoms with E-state index < -0.39 is 0 Å². The molecular formula is C14H22N4O. The van der Waals surface area contributed by atoms with Gasteiger partial charge in [0.25, 0.3) is 0 Å². The molecule has 104 valence electrons. The summed E-state index contributed by atoms with van der Waals surface area (Å²) in [6, 6.07) is 7.89. The van der Waals surface area contributed by atoms with E-state index in [0.29, 0.717) is 6.54 Å². The fraction of sp³-hybridized carbons (Fsp3) is 0.500. The first kappa shape index (κ1) is 13.7. The van der Waals surface area contributed by atoms with Crippen LogP contribution >= 0.6 is 0 Å². The lowest BCUT2D eigenvalue weighted by Gasteiger charge is -2.37. The summed E-state index contributed by atoms with van der Waals surface area (Å²) in [5.41, 5.74) is 7.86. The van der Waals surface area contributed by atoms with Crippen molar-refractivity contribution in [2.45, 2.75) is 0 Å². The molecule has 2 rings (SSSR count). The van der Waals surface area contributed by atoms with E-state index >= 15 is 0 Å². The van der Waals surface area contributed by atoms with Gasteiger partial charge in [0.1, 0.15) is 0 Å². The van der Waals surface area contributed by atoms with Gasteiger partial charge in [-0.2, -0.15) is 0 Å². The van der Waals surface area contributed by atoms with Crippen LogP contribution in [0, 0.1) is 0 Å². The summed E-state index contributed by atoms with van der Waals surface area (Å²) in [5, 5.41) is 0. The number of para-hydroxylation sites is 2. The van der Waals surface area contributed by atoms with E-state index in [1.165, 1.54) is 0 Å². The van der Waals surface area contributed by atoms with Gasteiger partial charge in [0, 0.05) is 26.2 Å². The minimum atomic E-state index is 0.200. The summed E-state index contributed by atoms with van der Waals surface area (Å²) in [6.07, 6.45) is 0. The molecule has 1 fully saturated rings. The molecule has 0 spiro atoms. The molecular weight excluding hydrogens is 240 g/mol. The highest BCUT2D eigenvalue weighted by molar-refractivity contribution is 5.78. The molecule has 1 aromatic rings. The number of nitrogen functional groups attached to an aromatic ring is 1. The number of carbonyl (C=O) groups is 1. The van der Waals surface area contributed by atoms with Crippen LogP contribution in [0.3, 0.4) is 0 Å². The smallest absolute Gasteiger partial charge is 0.236 e. The van der Waals surface area contributed by atoms with E-state index in [1.54, 1.807) is 0 Å². The quantitative estimate of drug-likeness (QED) is 0.805. The van der Waals surface area contributed by atoms with Gasteiger partial charge in [0.05, 0.1) is 17.9 Å². The monoisotopic (exact) mass is 262 g/mol. The lowest BCUT2D eigenvalue weighted by Crippen LogP contribution is -2.50. The van der Waals surface area contributed by atoms with E-state index in [0.717, 1.165) is 37.6 Å². The summed E-state index contributed by atoms with van der Waals surface area (Å²) in [6.45, 7) is 3.69. The van der Waals surface area contributed by atoms with Gasteiger partial charge in [0.15, 0.2) is 0 Å². The highest BCUT2D eigenvalue weighted by atomic mass is 16.2. The van der Waals surface area contributed by atoms with E-state index in [-0.39, 0.29) is 5.91 Å². The van der Waals surface area contributed by atoms with Gasteiger partial charge in [-0.3, -0.25) is 4.79 Å². The highest BCUT2D eigenvalue weighted by Gasteiger charge is 2.22. The third-order valence-corrected chi connectivity index (χ3v) is 3.36. The maximum Gasteiger partial charge on any atom is 0.236 e. The second kappa shape index (κ2) is 5.93. The molecule has 0 aliphatic carbocycles. The Morgan fingerprint density at radius 3 is 2.42 bits per heavy atom. The number of likely N-dealkylation sites (N-methyl/N-ethyl adjacent to an activating group) is 1. The van der Waals surface area contributed by atoms with Crippen LogP contribution in [-0.2, 0) is 4.79 Å². The Labute approximate surface area is 114 Å². The van der Waals surface area contributed by atoms with Crippen molar-refractivity contribution in [1.29, 1.82) is 0 Å². The number of amides is 1. The Morgan fingerprint density at radius 2 is 1.84 bits per heavy atom. The summed E-state index contributed by atoms with van der Waals surface area (Å²) in [5.74, 6) is 0.200. The van der Waals surface area contributed by atoms with Gasteiger partial charge >= 0.3 is 0 Å². The van der Waals surface area contributed by atoms with Crippen LogP contribution in [0.5, 0.6) is 0 Å². The summed E-state index contributed by atoms with van der Waals surface area (Å²) in [7, 11) is 3.83. The van der Waals surface area contributed by atoms with Crippen LogP contribution in [0.2, 0.25) is 0 Å². The van der Waals surface area contributed by atoms with Crippen LogP contribution < -0.4 is 10.6 Å². The maximum absolute atomic E-state index is 12.0. The highest BCUT2D eigenvalue weighted by Crippen LogP contribution is 2.23. The number of benzene rings is 1. The molecule has 0 aromatic heterocycles. The summed E-state index contributed by atoms with van der Waals surface area (Å²) >= 11 is 0. The average molecular weight is 262 g/mol. The van der Waals surface area contributed by atoms with Crippen LogP contribution in [0.25, 0.3) is 0 Å². The zero-order chi connectivity index (χ0) is 13.8. The summed E-state index contributed by atoms with van der Waals surface area (Å²) in [4.78, 5) is 18.0. The Hall–Kier alpha value is -1.75. The number of hydrogen-bond acceptors (Lipinski definition) is 4. The lowest BCUT2D eigenvalue weighted by molar-refractivity contribution is -0.132. The molecule has 5 heteroatoms. The van der Waals surface area contributed by atoms with Crippen LogP contribution in [0.1, 0.15) is 0 Å². The molecule has 0 bridgehead atoms. The van der Waals surface area contributed by atoms with E-state index in [9.17, 15) is 4.79 Å². The van der Waals surface area contributed by atoms with Crippen molar-refractivity contribution in [3.63, 3.8) is 0 Å². The molecule has 1 aliphatic heterocycles. The third kappa shape index (κ3) is 3.38. The number of carbonyl (C=O) groups excluding carboxylic acids is 1. The first-order valence-corrected chi connectivity index (χ1v) is 6.60. The molecule has 0 saturated carbocycles. The number of rotatable bonds is 3. The third-order valence-electron chi connectivity index (χ3n) is 3.36. The second-order valence-electron chi connectivity index (χ2n) is 5.16. The van der Waals surface area contributed by atoms with Crippen molar-refractivity contribution < 1.29 is 4.79 Å². The Morgan fingerprint density at radius 1 is 1.21 bits per heavy atom. The zero-order valence-electron chi connectivity index (χ0n) is 11.7. The van der Waals surface area contributed by atoms with Crippen molar-refractivity contribution >= 4 is 17.3 Å². The Bertz CT molecular complexity index is 439. The number of piperazine rings is 1. The molecule has 1 saturated heterocycles. The molecule has 19 heavy (non-hydrogen) atoms. The number of nitrogens with zero attached hydrogens (tertiary/aromatic N) is 3. The Kier molecular flexibility index (Phi) is 4.27. The zero-order valence-corrected chi connectivity index (χ0v) is 11.7. The SMILES string of the molecule is CN(C)CC(=O)N1CCN(c2ccccc2N)CC1. The van der Waals surface area contributed by atoms with Gasteiger partial charge in [-0.05, 0) is 26.2 Å². The van der Waals surface area contributed by atoms with Gasteiger partial charge in [-0.15, -0.1) is 0 Å². The predicted octanol–water partition coefficient (Wildman–Crippen LogP) is 0.479. The van der Waals surface area contributed by atoms with Gasteiger partial charge in [-0.1, -0.05) is 12.1 Å². The average Bonchev–Trinajstić information content (AvgIpc) is 2.39. The molecule has 0 radical (unpaired) electrons.